The molecule has 6 heteroatoms. The van der Waals surface area contributed by atoms with E-state index >= 15 is 0 Å². The minimum absolute atomic E-state index is 0.118. The summed E-state index contributed by atoms with van der Waals surface area (Å²) in [6.07, 6.45) is 6.03. The lowest BCUT2D eigenvalue weighted by Gasteiger charge is -2.33. The number of fused-ring (bicyclic) bond motifs is 1. The third kappa shape index (κ3) is 2.76. The summed E-state index contributed by atoms with van der Waals surface area (Å²) in [5.74, 6) is 1.50. The second-order valence-electron chi connectivity index (χ2n) is 6.25. The van der Waals surface area contributed by atoms with E-state index in [9.17, 15) is 0 Å². The van der Waals surface area contributed by atoms with Crippen molar-refractivity contribution in [2.45, 2.75) is 38.5 Å². The molecule has 22 heavy (non-hydrogen) atoms. The Morgan fingerprint density at radius 2 is 2.36 bits per heavy atom. The molecule has 0 bridgehead atoms. The summed E-state index contributed by atoms with van der Waals surface area (Å²) >= 11 is 0. The van der Waals surface area contributed by atoms with Crippen molar-refractivity contribution in [1.82, 2.24) is 20.0 Å². The van der Waals surface area contributed by atoms with Crippen molar-refractivity contribution in [1.29, 1.82) is 0 Å². The van der Waals surface area contributed by atoms with Crippen molar-refractivity contribution in [3.8, 4) is 0 Å². The summed E-state index contributed by atoms with van der Waals surface area (Å²) in [6, 6.07) is 3.96. The average molecular weight is 300 g/mol. The zero-order valence-corrected chi connectivity index (χ0v) is 12.7. The van der Waals surface area contributed by atoms with Crippen molar-refractivity contribution < 1.29 is 9.26 Å². The molecule has 2 aromatic heterocycles. The number of ether oxygens (including phenoxy) is 1. The first-order valence-electron chi connectivity index (χ1n) is 7.84. The molecule has 0 radical (unpaired) electrons. The van der Waals surface area contributed by atoms with Crippen LogP contribution in [0.15, 0.2) is 29.2 Å². The average Bonchev–Trinajstić information content (AvgIpc) is 3.14. The number of hydrogen-bond donors (Lipinski definition) is 0. The van der Waals surface area contributed by atoms with Gasteiger partial charge in [-0.1, -0.05) is 5.16 Å². The maximum atomic E-state index is 6.25. The lowest BCUT2D eigenvalue weighted by atomic mass is 9.91. The Bertz CT molecular complexity index is 630. The Hall–Kier alpha value is -1.79. The molecule has 116 valence electrons. The molecule has 0 amide bonds. The molecule has 6 nitrogen and oxygen atoms in total. The quantitative estimate of drug-likeness (QED) is 0.865. The van der Waals surface area contributed by atoms with E-state index in [1.54, 1.807) is 12.5 Å². The topological polar surface area (TPSA) is 64.3 Å². The number of aryl methyl sites for hydroxylation is 1. The van der Waals surface area contributed by atoms with Gasteiger partial charge < -0.3 is 9.26 Å². The summed E-state index contributed by atoms with van der Waals surface area (Å²) in [6.45, 7) is 4.81. The molecule has 0 spiro atoms. The van der Waals surface area contributed by atoms with Gasteiger partial charge >= 0.3 is 0 Å². The lowest BCUT2D eigenvalue weighted by molar-refractivity contribution is -0.0111. The second kappa shape index (κ2) is 5.78. The minimum Gasteiger partial charge on any atom is -0.367 e. The smallest absolute Gasteiger partial charge is 0.133 e. The standard InChI is InChI=1S/C16H20N4O2/c1-11-6-13(19-22-11)8-20-5-3-12-7-15(21-16(12)9-20)14-2-4-17-10-18-14/h2,4,6,10,12,15-16H,3,5,7-9H2,1H3/t12-,15+,16+/m1/s1. The highest BCUT2D eigenvalue weighted by atomic mass is 16.5. The molecule has 2 saturated heterocycles. The van der Waals surface area contributed by atoms with Gasteiger partial charge in [0.05, 0.1) is 17.5 Å². The molecule has 0 aliphatic carbocycles. The first-order valence-corrected chi connectivity index (χ1v) is 7.84. The molecule has 2 fully saturated rings. The predicted molar refractivity (Wildman–Crippen MR) is 78.9 cm³/mol. The van der Waals surface area contributed by atoms with Crippen LogP contribution in [0.5, 0.6) is 0 Å². The van der Waals surface area contributed by atoms with Crippen LogP contribution < -0.4 is 0 Å². The van der Waals surface area contributed by atoms with Gasteiger partial charge in [0.15, 0.2) is 0 Å². The molecular weight excluding hydrogens is 280 g/mol. The predicted octanol–water partition coefficient (Wildman–Crippen LogP) is 2.13. The van der Waals surface area contributed by atoms with Crippen LogP contribution in [0, 0.1) is 12.8 Å². The molecule has 2 aliphatic heterocycles. The third-order valence-electron chi connectivity index (χ3n) is 4.63. The summed E-state index contributed by atoms with van der Waals surface area (Å²) in [5, 5.41) is 4.08. The largest absolute Gasteiger partial charge is 0.367 e. The maximum absolute atomic E-state index is 6.25. The SMILES string of the molecule is Cc1cc(CN2CC[C@@H]3C[C@@H](c4ccncn4)O[C@H]3C2)no1. The van der Waals surface area contributed by atoms with Gasteiger partial charge in [-0.15, -0.1) is 0 Å². The van der Waals surface area contributed by atoms with E-state index < -0.39 is 0 Å². The van der Waals surface area contributed by atoms with Gasteiger partial charge in [-0.25, -0.2) is 9.97 Å². The summed E-state index contributed by atoms with van der Waals surface area (Å²) in [7, 11) is 0. The summed E-state index contributed by atoms with van der Waals surface area (Å²) < 4.78 is 11.4. The van der Waals surface area contributed by atoms with Crippen LogP contribution in [0.1, 0.15) is 36.1 Å². The van der Waals surface area contributed by atoms with Crippen LogP contribution in [-0.2, 0) is 11.3 Å². The molecule has 0 unspecified atom stereocenters. The Morgan fingerprint density at radius 1 is 1.41 bits per heavy atom. The van der Waals surface area contributed by atoms with Crippen molar-refractivity contribution in [3.63, 3.8) is 0 Å². The van der Waals surface area contributed by atoms with Crippen molar-refractivity contribution in [2.75, 3.05) is 13.1 Å². The number of hydrogen-bond acceptors (Lipinski definition) is 6. The van der Waals surface area contributed by atoms with Crippen molar-refractivity contribution in [3.05, 3.63) is 41.8 Å². The van der Waals surface area contributed by atoms with Gasteiger partial charge in [0.2, 0.25) is 0 Å². The molecule has 3 atom stereocenters. The lowest BCUT2D eigenvalue weighted by Crippen LogP contribution is -2.41. The number of rotatable bonds is 3. The highest BCUT2D eigenvalue weighted by Crippen LogP contribution is 2.40. The maximum Gasteiger partial charge on any atom is 0.133 e. The molecule has 0 N–H and O–H groups in total. The van der Waals surface area contributed by atoms with Crippen LogP contribution >= 0.6 is 0 Å². The fourth-order valence-electron chi connectivity index (χ4n) is 3.54. The highest BCUT2D eigenvalue weighted by Gasteiger charge is 2.40. The van der Waals surface area contributed by atoms with Crippen LogP contribution in [0.25, 0.3) is 0 Å². The van der Waals surface area contributed by atoms with Gasteiger partial charge in [0.1, 0.15) is 18.2 Å². The zero-order chi connectivity index (χ0) is 14.9. The number of piperidine rings is 1. The first kappa shape index (κ1) is 13.8. The second-order valence-corrected chi connectivity index (χ2v) is 6.25. The van der Waals surface area contributed by atoms with Crippen molar-refractivity contribution >= 4 is 0 Å². The van der Waals surface area contributed by atoms with Gasteiger partial charge in [-0.2, -0.15) is 0 Å². The molecule has 2 aromatic rings. The normalized spacial score (nSPS) is 28.7. The van der Waals surface area contributed by atoms with Gasteiger partial charge in [0, 0.05) is 25.4 Å². The Labute approximate surface area is 129 Å². The van der Waals surface area contributed by atoms with Gasteiger partial charge in [0.25, 0.3) is 0 Å². The van der Waals surface area contributed by atoms with E-state index in [1.807, 2.05) is 19.1 Å². The fourth-order valence-corrected chi connectivity index (χ4v) is 3.54. The van der Waals surface area contributed by atoms with Crippen molar-refractivity contribution in [2.24, 2.45) is 5.92 Å². The summed E-state index contributed by atoms with van der Waals surface area (Å²) in [4.78, 5) is 10.7. The van der Waals surface area contributed by atoms with Crippen LogP contribution in [0.4, 0.5) is 0 Å². The van der Waals surface area contributed by atoms with Gasteiger partial charge in [-0.05, 0) is 38.3 Å². The number of aromatic nitrogens is 3. The van der Waals surface area contributed by atoms with E-state index in [0.29, 0.717) is 12.0 Å². The fraction of sp³-hybridized carbons (Fsp3) is 0.562. The van der Waals surface area contributed by atoms with E-state index in [1.165, 1.54) is 6.42 Å². The molecule has 4 heterocycles. The van der Waals surface area contributed by atoms with Crippen LogP contribution in [0.2, 0.25) is 0 Å². The first-order chi connectivity index (χ1) is 10.8. The monoisotopic (exact) mass is 300 g/mol. The Kier molecular flexibility index (Phi) is 3.63. The van der Waals surface area contributed by atoms with Gasteiger partial charge in [-0.3, -0.25) is 4.90 Å². The molecule has 2 aliphatic rings. The van der Waals surface area contributed by atoms with Crippen LogP contribution in [-0.4, -0.2) is 39.2 Å². The van der Waals surface area contributed by atoms with E-state index in [4.69, 9.17) is 9.26 Å². The number of nitrogens with zero attached hydrogens (tertiary/aromatic N) is 4. The zero-order valence-electron chi connectivity index (χ0n) is 12.7. The number of likely N-dealkylation sites (tertiary alicyclic amines) is 1. The van der Waals surface area contributed by atoms with E-state index in [-0.39, 0.29) is 6.10 Å². The Morgan fingerprint density at radius 3 is 3.14 bits per heavy atom. The summed E-state index contributed by atoms with van der Waals surface area (Å²) in [5.41, 5.74) is 2.00. The molecule has 0 saturated carbocycles. The molecule has 0 aromatic carbocycles. The Balaban J connectivity index is 1.39. The van der Waals surface area contributed by atoms with Crippen LogP contribution in [0.3, 0.4) is 0 Å². The van der Waals surface area contributed by atoms with E-state index in [2.05, 4.69) is 20.0 Å². The molecule has 4 rings (SSSR count). The molecular formula is C16H20N4O2. The highest BCUT2D eigenvalue weighted by molar-refractivity contribution is 5.07. The third-order valence-corrected chi connectivity index (χ3v) is 4.63. The minimum atomic E-state index is 0.118. The van der Waals surface area contributed by atoms with E-state index in [0.717, 1.165) is 43.2 Å².